The third-order valence-electron chi connectivity index (χ3n) is 4.01. The van der Waals surface area contributed by atoms with E-state index in [1.54, 1.807) is 38.2 Å². The average molecular weight is 345 g/mol. The molecular formula is C18H27N5O2. The van der Waals surface area contributed by atoms with E-state index >= 15 is 0 Å². The van der Waals surface area contributed by atoms with Crippen LogP contribution in [0.5, 0.6) is 0 Å². The van der Waals surface area contributed by atoms with Gasteiger partial charge >= 0.3 is 6.03 Å². The fourth-order valence-corrected chi connectivity index (χ4v) is 2.49. The predicted molar refractivity (Wildman–Crippen MR) is 98.4 cm³/mol. The number of amides is 3. The molecule has 1 N–H and O–H groups in total. The number of hydrogen-bond donors (Lipinski definition) is 1. The van der Waals surface area contributed by atoms with Crippen LogP contribution in [0.3, 0.4) is 0 Å². The second-order valence-electron chi connectivity index (χ2n) is 6.93. The van der Waals surface area contributed by atoms with E-state index in [4.69, 9.17) is 0 Å². The number of imidazole rings is 1. The van der Waals surface area contributed by atoms with Crippen molar-refractivity contribution in [3.63, 3.8) is 0 Å². The van der Waals surface area contributed by atoms with Gasteiger partial charge in [-0.25, -0.2) is 9.78 Å². The minimum absolute atomic E-state index is 0.0562. The van der Waals surface area contributed by atoms with Gasteiger partial charge in [-0.1, -0.05) is 13.8 Å². The van der Waals surface area contributed by atoms with Gasteiger partial charge in [0.1, 0.15) is 5.82 Å². The zero-order valence-corrected chi connectivity index (χ0v) is 15.8. The Balaban J connectivity index is 2.20. The minimum Gasteiger partial charge on any atom is -0.345 e. The molecule has 1 aromatic carbocycles. The SMILES string of the molecule is CC(C)CNC(=O)N(C)Cc1nc2cc(C(=O)N(C)C)ccc2n1C. The predicted octanol–water partition coefficient (Wildman–Crippen LogP) is 2.07. The van der Waals surface area contributed by atoms with Crippen LogP contribution in [0.1, 0.15) is 30.0 Å². The van der Waals surface area contributed by atoms with E-state index < -0.39 is 0 Å². The van der Waals surface area contributed by atoms with Crippen molar-refractivity contribution in [3.8, 4) is 0 Å². The van der Waals surface area contributed by atoms with Crippen LogP contribution in [0.2, 0.25) is 0 Å². The van der Waals surface area contributed by atoms with Crippen molar-refractivity contribution in [2.24, 2.45) is 13.0 Å². The zero-order valence-electron chi connectivity index (χ0n) is 15.8. The van der Waals surface area contributed by atoms with Gasteiger partial charge in [0, 0.05) is 40.3 Å². The highest BCUT2D eigenvalue weighted by Gasteiger charge is 2.16. The molecule has 0 unspecified atom stereocenters. The van der Waals surface area contributed by atoms with Crippen molar-refractivity contribution < 1.29 is 9.59 Å². The van der Waals surface area contributed by atoms with Gasteiger partial charge in [-0.3, -0.25) is 4.79 Å². The molecule has 0 radical (unpaired) electrons. The molecule has 0 bridgehead atoms. The van der Waals surface area contributed by atoms with Crippen LogP contribution in [0.15, 0.2) is 18.2 Å². The van der Waals surface area contributed by atoms with Crippen LogP contribution in [0.4, 0.5) is 4.79 Å². The molecule has 25 heavy (non-hydrogen) atoms. The molecular weight excluding hydrogens is 318 g/mol. The molecule has 0 fully saturated rings. The summed E-state index contributed by atoms with van der Waals surface area (Å²) in [7, 11) is 7.11. The fraction of sp³-hybridized carbons (Fsp3) is 0.500. The van der Waals surface area contributed by atoms with Gasteiger partial charge in [-0.2, -0.15) is 0 Å². The second-order valence-corrected chi connectivity index (χ2v) is 6.93. The van der Waals surface area contributed by atoms with Gasteiger partial charge < -0.3 is 19.7 Å². The normalized spacial score (nSPS) is 11.0. The molecule has 2 aromatic rings. The lowest BCUT2D eigenvalue weighted by atomic mass is 10.2. The summed E-state index contributed by atoms with van der Waals surface area (Å²) < 4.78 is 1.95. The first kappa shape index (κ1) is 18.8. The number of benzene rings is 1. The monoisotopic (exact) mass is 345 g/mol. The third-order valence-corrected chi connectivity index (χ3v) is 4.01. The van der Waals surface area contributed by atoms with E-state index in [2.05, 4.69) is 24.1 Å². The molecule has 0 spiro atoms. The van der Waals surface area contributed by atoms with Crippen LogP contribution < -0.4 is 5.32 Å². The van der Waals surface area contributed by atoms with Crippen molar-refractivity contribution in [2.75, 3.05) is 27.7 Å². The molecule has 2 rings (SSSR count). The number of fused-ring (bicyclic) bond motifs is 1. The minimum atomic E-state index is -0.121. The highest BCUT2D eigenvalue weighted by Crippen LogP contribution is 2.18. The van der Waals surface area contributed by atoms with Crippen molar-refractivity contribution in [1.29, 1.82) is 0 Å². The van der Waals surface area contributed by atoms with Gasteiger partial charge in [-0.05, 0) is 24.1 Å². The lowest BCUT2D eigenvalue weighted by Crippen LogP contribution is -2.38. The average Bonchev–Trinajstić information content (AvgIpc) is 2.86. The number of carbonyl (C=O) groups excluding carboxylic acids is 2. The summed E-state index contributed by atoms with van der Waals surface area (Å²) >= 11 is 0. The van der Waals surface area contributed by atoms with Crippen molar-refractivity contribution in [3.05, 3.63) is 29.6 Å². The summed E-state index contributed by atoms with van der Waals surface area (Å²) in [6.45, 7) is 5.14. The Hall–Kier alpha value is -2.57. The highest BCUT2D eigenvalue weighted by molar-refractivity contribution is 5.97. The summed E-state index contributed by atoms with van der Waals surface area (Å²) in [5.41, 5.74) is 2.28. The first-order valence-electron chi connectivity index (χ1n) is 8.36. The first-order chi connectivity index (χ1) is 11.7. The maximum atomic E-state index is 12.1. The summed E-state index contributed by atoms with van der Waals surface area (Å²) in [5, 5.41) is 2.89. The van der Waals surface area contributed by atoms with E-state index in [0.717, 1.165) is 16.9 Å². The molecule has 3 amide bonds. The lowest BCUT2D eigenvalue weighted by Gasteiger charge is -2.18. The quantitative estimate of drug-likeness (QED) is 0.902. The molecule has 7 heteroatoms. The van der Waals surface area contributed by atoms with Crippen LogP contribution >= 0.6 is 0 Å². The van der Waals surface area contributed by atoms with Crippen molar-refractivity contribution >= 4 is 23.0 Å². The molecule has 0 atom stereocenters. The Labute approximate surface area is 148 Å². The van der Waals surface area contributed by atoms with E-state index in [1.165, 1.54) is 4.90 Å². The molecule has 7 nitrogen and oxygen atoms in total. The van der Waals surface area contributed by atoms with Gasteiger partial charge in [0.2, 0.25) is 0 Å². The van der Waals surface area contributed by atoms with Crippen molar-refractivity contribution in [1.82, 2.24) is 24.7 Å². The number of aryl methyl sites for hydroxylation is 1. The Kier molecular flexibility index (Phi) is 5.66. The fourth-order valence-electron chi connectivity index (χ4n) is 2.49. The van der Waals surface area contributed by atoms with Gasteiger partial charge in [0.15, 0.2) is 0 Å². The zero-order chi connectivity index (χ0) is 18.7. The maximum absolute atomic E-state index is 12.1. The number of nitrogens with zero attached hydrogens (tertiary/aromatic N) is 4. The lowest BCUT2D eigenvalue weighted by molar-refractivity contribution is 0.0827. The van der Waals surface area contributed by atoms with Crippen LogP contribution in [0.25, 0.3) is 11.0 Å². The standard InChI is InChI=1S/C18H27N5O2/c1-12(2)10-19-18(25)22(5)11-16-20-14-9-13(17(24)21(3)4)7-8-15(14)23(16)6/h7-9,12H,10-11H2,1-6H3,(H,19,25). The molecule has 1 heterocycles. The largest absolute Gasteiger partial charge is 0.345 e. The molecule has 0 saturated heterocycles. The number of hydrogen-bond acceptors (Lipinski definition) is 3. The van der Waals surface area contributed by atoms with Crippen LogP contribution in [-0.4, -0.2) is 59.0 Å². The Morgan fingerprint density at radius 3 is 2.52 bits per heavy atom. The number of carbonyl (C=O) groups is 2. The summed E-state index contributed by atoms with van der Waals surface area (Å²) in [6, 6.07) is 5.36. The van der Waals surface area contributed by atoms with E-state index in [1.807, 2.05) is 17.7 Å². The summed E-state index contributed by atoms with van der Waals surface area (Å²) in [6.07, 6.45) is 0. The molecule has 0 aliphatic rings. The maximum Gasteiger partial charge on any atom is 0.317 e. The van der Waals surface area contributed by atoms with E-state index in [-0.39, 0.29) is 11.9 Å². The van der Waals surface area contributed by atoms with E-state index in [0.29, 0.717) is 24.6 Å². The second kappa shape index (κ2) is 7.55. The molecule has 0 aliphatic carbocycles. The summed E-state index contributed by atoms with van der Waals surface area (Å²) in [5.74, 6) is 1.12. The highest BCUT2D eigenvalue weighted by atomic mass is 16.2. The first-order valence-corrected chi connectivity index (χ1v) is 8.36. The Bertz CT molecular complexity index is 779. The number of nitrogens with one attached hydrogen (secondary N) is 1. The Morgan fingerprint density at radius 1 is 1.24 bits per heavy atom. The van der Waals surface area contributed by atoms with E-state index in [9.17, 15) is 9.59 Å². The smallest absolute Gasteiger partial charge is 0.317 e. The molecule has 0 aliphatic heterocycles. The van der Waals surface area contributed by atoms with Crippen LogP contribution in [0, 0.1) is 5.92 Å². The molecule has 136 valence electrons. The van der Waals surface area contributed by atoms with Gasteiger partial charge in [-0.15, -0.1) is 0 Å². The third kappa shape index (κ3) is 4.29. The van der Waals surface area contributed by atoms with Gasteiger partial charge in [0.05, 0.1) is 17.6 Å². The topological polar surface area (TPSA) is 70.5 Å². The molecule has 0 saturated carbocycles. The van der Waals surface area contributed by atoms with Crippen molar-refractivity contribution in [2.45, 2.75) is 20.4 Å². The van der Waals surface area contributed by atoms with Gasteiger partial charge in [0.25, 0.3) is 5.91 Å². The number of rotatable bonds is 5. The Morgan fingerprint density at radius 2 is 1.92 bits per heavy atom. The molecule has 1 aromatic heterocycles. The summed E-state index contributed by atoms with van der Waals surface area (Å²) in [4.78, 5) is 32.0. The number of urea groups is 1. The number of aromatic nitrogens is 2. The van der Waals surface area contributed by atoms with Crippen LogP contribution in [-0.2, 0) is 13.6 Å².